The van der Waals surface area contributed by atoms with Crippen LogP contribution in [0.1, 0.15) is 55.6 Å². The Bertz CT molecular complexity index is 4170. The summed E-state index contributed by atoms with van der Waals surface area (Å²) >= 11 is 0. The number of halogens is 6. The van der Waals surface area contributed by atoms with Crippen LogP contribution in [0.2, 0.25) is 0 Å². The van der Waals surface area contributed by atoms with Crippen molar-refractivity contribution in [3.63, 3.8) is 0 Å². The van der Waals surface area contributed by atoms with Gasteiger partial charge in [-0.3, -0.25) is 9.59 Å². The lowest BCUT2D eigenvalue weighted by atomic mass is 9.91. The van der Waals surface area contributed by atoms with E-state index in [-0.39, 0.29) is 112 Å². The van der Waals surface area contributed by atoms with E-state index in [1.165, 1.54) is 12.1 Å². The predicted octanol–water partition coefficient (Wildman–Crippen LogP) is 13.1. The molecule has 92 heavy (non-hydrogen) atoms. The van der Waals surface area contributed by atoms with Crippen molar-refractivity contribution < 1.29 is 82.7 Å². The predicted molar refractivity (Wildman–Crippen MR) is 328 cm³/mol. The van der Waals surface area contributed by atoms with Gasteiger partial charge in [-0.2, -0.15) is 26.3 Å². The highest BCUT2D eigenvalue weighted by molar-refractivity contribution is 5.96. The molecule has 0 saturated carbocycles. The molecule has 3 aliphatic rings. The van der Waals surface area contributed by atoms with Crippen molar-refractivity contribution in [1.29, 1.82) is 0 Å². The fourth-order valence-corrected chi connectivity index (χ4v) is 11.3. The van der Waals surface area contributed by atoms with Gasteiger partial charge in [0, 0.05) is 72.1 Å². The van der Waals surface area contributed by atoms with Crippen LogP contribution < -0.4 is 50.3 Å². The summed E-state index contributed by atoms with van der Waals surface area (Å²) < 4.78 is 145. The first-order chi connectivity index (χ1) is 44.5. The molecule has 13 rings (SSSR count). The molecule has 8 aromatic carbocycles. The second-order valence-electron chi connectivity index (χ2n) is 21.6. The average Bonchev–Trinajstić information content (AvgIpc) is 0.890. The fourth-order valence-electron chi connectivity index (χ4n) is 11.3. The Morgan fingerprint density at radius 1 is 0.402 bits per heavy atom. The summed E-state index contributed by atoms with van der Waals surface area (Å²) in [5.41, 5.74) is -0.0652. The van der Waals surface area contributed by atoms with Gasteiger partial charge in [0.1, 0.15) is 60.6 Å². The van der Waals surface area contributed by atoms with Gasteiger partial charge in [-0.25, -0.2) is 9.59 Å². The Kier molecular flexibility index (Phi) is 18.2. The van der Waals surface area contributed by atoms with Crippen LogP contribution in [0.25, 0.3) is 32.7 Å². The lowest BCUT2D eigenvalue weighted by molar-refractivity contribution is -0.137. The number of fused-ring (bicyclic) bond motifs is 15. The summed E-state index contributed by atoms with van der Waals surface area (Å²) in [6.07, 6.45) is -8.95. The normalized spacial score (nSPS) is 14.2. The van der Waals surface area contributed by atoms with E-state index in [1.807, 2.05) is 109 Å². The molecule has 0 atom stereocenters. The van der Waals surface area contributed by atoms with Crippen molar-refractivity contribution in [1.82, 2.24) is 0 Å². The van der Waals surface area contributed by atoms with Gasteiger partial charge >= 0.3 is 23.6 Å². The van der Waals surface area contributed by atoms with E-state index >= 15 is 0 Å². The quantitative estimate of drug-likeness (QED) is 0.0829. The minimum absolute atomic E-state index is 0.0499. The molecule has 10 aromatic rings. The lowest BCUT2D eigenvalue weighted by Gasteiger charge is -2.23. The zero-order valence-corrected chi connectivity index (χ0v) is 48.9. The summed E-state index contributed by atoms with van der Waals surface area (Å²) in [4.78, 5) is 52.2. The molecule has 472 valence electrons. The molecule has 0 unspecified atom stereocenters. The second kappa shape index (κ2) is 27.0. The first-order valence-electron chi connectivity index (χ1n) is 29.3. The van der Waals surface area contributed by atoms with Crippen molar-refractivity contribution in [3.05, 3.63) is 234 Å². The number of rotatable bonds is 8. The van der Waals surface area contributed by atoms with E-state index in [0.29, 0.717) is 91.1 Å². The van der Waals surface area contributed by atoms with E-state index < -0.39 is 59.8 Å². The Hall–Kier alpha value is -10.3. The third kappa shape index (κ3) is 14.5. The van der Waals surface area contributed by atoms with Gasteiger partial charge in [-0.15, -0.1) is 0 Å². The highest BCUT2D eigenvalue weighted by Gasteiger charge is 2.35. The minimum atomic E-state index is -4.85. The minimum Gasteiger partial charge on any atom is -0.491 e. The molecule has 0 spiro atoms. The molecule has 0 saturated heterocycles. The van der Waals surface area contributed by atoms with Crippen LogP contribution in [0.4, 0.5) is 37.7 Å². The largest absolute Gasteiger partial charge is 0.491 e. The molecule has 2 aliphatic heterocycles. The lowest BCUT2D eigenvalue weighted by Crippen LogP contribution is -2.21. The third-order valence-corrected chi connectivity index (χ3v) is 15.3. The van der Waals surface area contributed by atoms with Gasteiger partial charge in [0.05, 0.1) is 37.6 Å². The summed E-state index contributed by atoms with van der Waals surface area (Å²) in [7, 11) is 0. The fraction of sp³-hybridized carbons (Fsp3) is 0.229. The molecule has 0 fully saturated rings. The standard InChI is InChI=1S/C70H56F6N2O14/c71-69(72,73)55-37-63(81)91-57-35-51(17-19-53(55)57)77-61(79)39-89-67-47-13-5-15-49(67)31-45-11-4-12-46-32-50-16-6-14-48(68(50)90-40-62(80)78-52-18-20-54-56(70(74,75)76)38-64(82)92-58(54)36-52)30-44-10-3-9-43(29-47)65(44)87-27-23-83-21-25-85-59-33-41-7-1-2-8-42(41)34-60(59)86-26-22-84-24-28-88-66(45)46/h1-20,33-38H,21-32,39-40H2,(H,77,79)(H,78,80). The highest BCUT2D eigenvalue weighted by atomic mass is 19.4. The van der Waals surface area contributed by atoms with Crippen LogP contribution in [0.5, 0.6) is 34.5 Å². The number of nitrogens with one attached hydrogen (secondary N) is 2. The number of amides is 2. The summed E-state index contributed by atoms with van der Waals surface area (Å²) in [6.45, 7) is 0.00616. The van der Waals surface area contributed by atoms with Crippen molar-refractivity contribution in [2.24, 2.45) is 0 Å². The van der Waals surface area contributed by atoms with Gasteiger partial charge in [-0.05, 0) is 91.7 Å². The van der Waals surface area contributed by atoms with E-state index in [0.717, 1.165) is 35.0 Å². The maximum absolute atomic E-state index is 13.9. The number of para-hydroxylation sites is 4. The van der Waals surface area contributed by atoms with Crippen LogP contribution in [-0.4, -0.2) is 77.9 Å². The zero-order valence-electron chi connectivity index (χ0n) is 48.9. The maximum Gasteiger partial charge on any atom is 0.417 e. The second-order valence-corrected chi connectivity index (χ2v) is 21.6. The molecular weight excluding hydrogens is 1210 g/mol. The number of hydrogen-bond donors (Lipinski definition) is 2. The van der Waals surface area contributed by atoms with Crippen molar-refractivity contribution in [2.75, 3.05) is 76.7 Å². The molecule has 2 aromatic heterocycles. The first-order valence-corrected chi connectivity index (χ1v) is 29.3. The van der Waals surface area contributed by atoms with Crippen LogP contribution in [-0.2, 0) is 57.1 Å². The van der Waals surface area contributed by atoms with Crippen molar-refractivity contribution >= 4 is 55.9 Å². The molecule has 10 bridgehead atoms. The number of carbonyl (C=O) groups is 2. The molecule has 16 nitrogen and oxygen atoms in total. The number of anilines is 2. The third-order valence-electron chi connectivity index (χ3n) is 15.3. The van der Waals surface area contributed by atoms with E-state index in [9.17, 15) is 45.5 Å². The first kappa shape index (κ1) is 61.9. The molecular formula is C70H56F6N2O14. The topological polar surface area (TPSA) is 192 Å². The van der Waals surface area contributed by atoms with Crippen molar-refractivity contribution in [2.45, 2.75) is 38.0 Å². The van der Waals surface area contributed by atoms with Gasteiger partial charge in [0.25, 0.3) is 11.8 Å². The highest BCUT2D eigenvalue weighted by Crippen LogP contribution is 2.41. The molecule has 1 aliphatic carbocycles. The Morgan fingerprint density at radius 2 is 0.750 bits per heavy atom. The van der Waals surface area contributed by atoms with E-state index in [4.69, 9.17) is 46.7 Å². The Morgan fingerprint density at radius 3 is 1.11 bits per heavy atom. The van der Waals surface area contributed by atoms with Gasteiger partial charge < -0.3 is 57.4 Å². The number of benzene rings is 8. The smallest absolute Gasteiger partial charge is 0.417 e. The average molecular weight is 1260 g/mol. The van der Waals surface area contributed by atoms with Gasteiger partial charge in [0.15, 0.2) is 24.7 Å². The van der Waals surface area contributed by atoms with Gasteiger partial charge in [0.2, 0.25) is 0 Å². The van der Waals surface area contributed by atoms with Crippen LogP contribution in [0.3, 0.4) is 0 Å². The number of carbonyl (C=O) groups excluding carboxylic acids is 2. The summed E-state index contributed by atoms with van der Waals surface area (Å²) in [6, 6.07) is 42.0. The summed E-state index contributed by atoms with van der Waals surface area (Å²) in [5.74, 6) is 1.40. The molecule has 22 heteroatoms. The molecule has 2 amide bonds. The zero-order chi connectivity index (χ0) is 63.9. The van der Waals surface area contributed by atoms with Crippen molar-refractivity contribution in [3.8, 4) is 34.5 Å². The van der Waals surface area contributed by atoms with Crippen LogP contribution in [0.15, 0.2) is 176 Å². The molecule has 4 heterocycles. The SMILES string of the molecule is O=C(COc1c2cccc1Cc1cccc3c1OCCOCCOc1cc4ccccc4cc1OCCOCCOc1c(cccc1Cc1cccc(c1OCC(=O)Nc1ccc4c(C(F)(F)F)cc(=O)oc4c1)C3)C2)Nc1ccc2c(C(F)(F)F)cc(=O)oc2c1. The number of ether oxygens (including phenoxy) is 8. The van der Waals surface area contributed by atoms with E-state index in [2.05, 4.69) is 10.6 Å². The van der Waals surface area contributed by atoms with Gasteiger partial charge in [-0.1, -0.05) is 97.1 Å². The van der Waals surface area contributed by atoms with Crippen LogP contribution >= 0.6 is 0 Å². The summed E-state index contributed by atoms with van der Waals surface area (Å²) in [5, 5.41) is 6.52. The number of hydrogen-bond acceptors (Lipinski definition) is 14. The van der Waals surface area contributed by atoms with E-state index in [1.54, 1.807) is 0 Å². The Balaban J connectivity index is 0.899. The maximum atomic E-state index is 13.9. The molecule has 2 N–H and O–H groups in total. The van der Waals surface area contributed by atoms with Crippen LogP contribution in [0, 0.1) is 0 Å². The monoisotopic (exact) mass is 1260 g/mol. The number of alkyl halides is 6. The molecule has 0 radical (unpaired) electrons. The Labute approximate surface area is 520 Å².